The molecule has 0 aliphatic rings. The van der Waals surface area contributed by atoms with Crippen LogP contribution in [0.2, 0.25) is 0 Å². The number of halogens is 2. The van der Waals surface area contributed by atoms with Gasteiger partial charge in [-0.05, 0) is 30.3 Å². The number of carbonyl (C=O) groups is 2. The summed E-state index contributed by atoms with van der Waals surface area (Å²) in [4.78, 5) is 23.4. The molecule has 126 valence electrons. The molecule has 0 atom stereocenters. The Hall–Kier alpha value is -3.16. The minimum absolute atomic E-state index is 0.0736. The van der Waals surface area contributed by atoms with Gasteiger partial charge in [0.05, 0.1) is 12.7 Å². The van der Waals surface area contributed by atoms with Crippen LogP contribution in [0.1, 0.15) is 10.4 Å². The van der Waals surface area contributed by atoms with Crippen molar-refractivity contribution in [2.45, 2.75) is 6.61 Å². The molecule has 2 aromatic carbocycles. The van der Waals surface area contributed by atoms with Crippen LogP contribution in [0, 0.1) is 0 Å². The lowest BCUT2D eigenvalue weighted by molar-refractivity contribution is -0.0498. The summed E-state index contributed by atoms with van der Waals surface area (Å²) in [5, 5.41) is 5.00. The molecule has 0 heterocycles. The summed E-state index contributed by atoms with van der Waals surface area (Å²) in [6.07, 6.45) is 0. The number of nitrogens with one attached hydrogen (secondary N) is 2. The first-order valence-electron chi connectivity index (χ1n) is 6.79. The van der Waals surface area contributed by atoms with E-state index in [1.807, 2.05) is 0 Å². The van der Waals surface area contributed by atoms with E-state index in [1.165, 1.54) is 37.4 Å². The third-order valence-electron chi connectivity index (χ3n) is 2.86. The molecular weight excluding hydrogens is 322 g/mol. The summed E-state index contributed by atoms with van der Waals surface area (Å²) in [5.41, 5.74) is 0.924. The number of amides is 2. The van der Waals surface area contributed by atoms with Gasteiger partial charge in [-0.25, -0.2) is 9.59 Å². The Morgan fingerprint density at radius 1 is 1.00 bits per heavy atom. The fourth-order valence-corrected chi connectivity index (χ4v) is 1.89. The molecule has 0 unspecified atom stereocenters. The zero-order valence-corrected chi connectivity index (χ0v) is 12.6. The Kier molecular flexibility index (Phi) is 5.67. The summed E-state index contributed by atoms with van der Waals surface area (Å²) < 4.78 is 33.2. The smallest absolute Gasteiger partial charge is 0.387 e. The standard InChI is InChI=1S/C16H14F2N2O4/c1-23-14(21)10-4-2-5-11(8-10)19-16(22)20-12-6-3-7-13(9-12)24-15(17)18/h2-9,15H,1H3,(H2,19,20,22). The normalized spacial score (nSPS) is 10.2. The molecule has 0 saturated heterocycles. The molecule has 2 aromatic rings. The molecule has 0 aliphatic heterocycles. The fraction of sp³-hybridized carbons (Fsp3) is 0.125. The number of hydrogen-bond acceptors (Lipinski definition) is 4. The van der Waals surface area contributed by atoms with Gasteiger partial charge < -0.3 is 20.1 Å². The van der Waals surface area contributed by atoms with E-state index in [1.54, 1.807) is 18.2 Å². The zero-order valence-electron chi connectivity index (χ0n) is 12.6. The van der Waals surface area contributed by atoms with E-state index in [2.05, 4.69) is 20.1 Å². The molecule has 24 heavy (non-hydrogen) atoms. The Bertz CT molecular complexity index is 738. The molecule has 0 spiro atoms. The molecule has 0 saturated carbocycles. The third kappa shape index (κ3) is 4.94. The van der Waals surface area contributed by atoms with Crippen molar-refractivity contribution in [3.05, 3.63) is 54.1 Å². The van der Waals surface area contributed by atoms with Crippen LogP contribution in [-0.2, 0) is 4.74 Å². The van der Waals surface area contributed by atoms with Crippen LogP contribution in [0.3, 0.4) is 0 Å². The Morgan fingerprint density at radius 2 is 1.62 bits per heavy atom. The summed E-state index contributed by atoms with van der Waals surface area (Å²) >= 11 is 0. The lowest BCUT2D eigenvalue weighted by Crippen LogP contribution is -2.19. The van der Waals surface area contributed by atoms with Gasteiger partial charge in [0, 0.05) is 17.4 Å². The van der Waals surface area contributed by atoms with Gasteiger partial charge in [-0.1, -0.05) is 12.1 Å². The monoisotopic (exact) mass is 336 g/mol. The minimum atomic E-state index is -2.95. The van der Waals surface area contributed by atoms with Gasteiger partial charge in [-0.3, -0.25) is 0 Å². The number of anilines is 2. The summed E-state index contributed by atoms with van der Waals surface area (Å²) in [6, 6.07) is 11.1. The highest BCUT2D eigenvalue weighted by atomic mass is 19.3. The molecule has 0 bridgehead atoms. The predicted octanol–water partition coefficient (Wildman–Crippen LogP) is 3.72. The highest BCUT2D eigenvalue weighted by molar-refractivity contribution is 6.00. The maximum atomic E-state index is 12.2. The molecule has 2 amide bonds. The van der Waals surface area contributed by atoms with Crippen molar-refractivity contribution in [2.75, 3.05) is 17.7 Å². The largest absolute Gasteiger partial charge is 0.465 e. The minimum Gasteiger partial charge on any atom is -0.465 e. The quantitative estimate of drug-likeness (QED) is 0.816. The number of hydrogen-bond donors (Lipinski definition) is 2. The third-order valence-corrected chi connectivity index (χ3v) is 2.86. The van der Waals surface area contributed by atoms with Gasteiger partial charge in [0.2, 0.25) is 0 Å². The molecule has 6 nitrogen and oxygen atoms in total. The van der Waals surface area contributed by atoms with Gasteiger partial charge >= 0.3 is 18.6 Å². The Labute approximate surface area is 136 Å². The second kappa shape index (κ2) is 7.91. The lowest BCUT2D eigenvalue weighted by atomic mass is 10.2. The van der Waals surface area contributed by atoms with Crippen molar-refractivity contribution in [3.8, 4) is 5.75 Å². The number of ether oxygens (including phenoxy) is 2. The second-order valence-corrected chi connectivity index (χ2v) is 4.56. The van der Waals surface area contributed by atoms with Gasteiger partial charge in [-0.2, -0.15) is 8.78 Å². The van der Waals surface area contributed by atoms with Crippen molar-refractivity contribution >= 4 is 23.4 Å². The average Bonchev–Trinajstić information content (AvgIpc) is 2.54. The Balaban J connectivity index is 2.02. The van der Waals surface area contributed by atoms with Gasteiger partial charge in [0.25, 0.3) is 0 Å². The van der Waals surface area contributed by atoms with Crippen LogP contribution >= 0.6 is 0 Å². The number of rotatable bonds is 5. The van der Waals surface area contributed by atoms with Crippen LogP contribution in [0.5, 0.6) is 5.75 Å². The van der Waals surface area contributed by atoms with E-state index in [9.17, 15) is 18.4 Å². The molecule has 8 heteroatoms. The average molecular weight is 336 g/mol. The number of carbonyl (C=O) groups excluding carboxylic acids is 2. The highest BCUT2D eigenvalue weighted by Gasteiger charge is 2.09. The fourth-order valence-electron chi connectivity index (χ4n) is 1.89. The molecule has 0 fully saturated rings. The van der Waals surface area contributed by atoms with E-state index < -0.39 is 18.6 Å². The number of alkyl halides is 2. The zero-order chi connectivity index (χ0) is 17.5. The van der Waals surface area contributed by atoms with Crippen molar-refractivity contribution in [2.24, 2.45) is 0 Å². The maximum Gasteiger partial charge on any atom is 0.387 e. The van der Waals surface area contributed by atoms with Crippen molar-refractivity contribution in [1.29, 1.82) is 0 Å². The lowest BCUT2D eigenvalue weighted by Gasteiger charge is -2.10. The van der Waals surface area contributed by atoms with Crippen molar-refractivity contribution in [3.63, 3.8) is 0 Å². The van der Waals surface area contributed by atoms with Crippen LogP contribution < -0.4 is 15.4 Å². The molecule has 2 rings (SSSR count). The SMILES string of the molecule is COC(=O)c1cccc(NC(=O)Nc2cccc(OC(F)F)c2)c1. The number of esters is 1. The molecular formula is C16H14F2N2O4. The van der Waals surface area contributed by atoms with Gasteiger partial charge in [-0.15, -0.1) is 0 Å². The summed E-state index contributed by atoms with van der Waals surface area (Å²) in [7, 11) is 1.25. The first kappa shape index (κ1) is 17.2. The topological polar surface area (TPSA) is 76.7 Å². The molecule has 0 aliphatic carbocycles. The highest BCUT2D eigenvalue weighted by Crippen LogP contribution is 2.19. The van der Waals surface area contributed by atoms with E-state index in [4.69, 9.17) is 0 Å². The van der Waals surface area contributed by atoms with Crippen LogP contribution in [0.25, 0.3) is 0 Å². The van der Waals surface area contributed by atoms with E-state index in [0.717, 1.165) is 0 Å². The van der Waals surface area contributed by atoms with Crippen molar-refractivity contribution < 1.29 is 27.8 Å². The van der Waals surface area contributed by atoms with E-state index in [0.29, 0.717) is 5.69 Å². The predicted molar refractivity (Wildman–Crippen MR) is 83.5 cm³/mol. The van der Waals surface area contributed by atoms with Crippen molar-refractivity contribution in [1.82, 2.24) is 0 Å². The molecule has 0 radical (unpaired) electrons. The first-order chi connectivity index (χ1) is 11.5. The number of methoxy groups -OCH3 is 1. The molecule has 2 N–H and O–H groups in total. The molecule has 0 aromatic heterocycles. The van der Waals surface area contributed by atoms with E-state index in [-0.39, 0.29) is 17.0 Å². The second-order valence-electron chi connectivity index (χ2n) is 4.56. The maximum absolute atomic E-state index is 12.2. The van der Waals surface area contributed by atoms with Crippen LogP contribution in [0.15, 0.2) is 48.5 Å². The van der Waals surface area contributed by atoms with Gasteiger partial charge in [0.1, 0.15) is 5.75 Å². The van der Waals surface area contributed by atoms with E-state index >= 15 is 0 Å². The van der Waals surface area contributed by atoms with Gasteiger partial charge in [0.15, 0.2) is 0 Å². The van der Waals surface area contributed by atoms with Crippen LogP contribution in [-0.4, -0.2) is 25.7 Å². The summed E-state index contributed by atoms with van der Waals surface area (Å²) in [5.74, 6) is -0.605. The van der Waals surface area contributed by atoms with Crippen LogP contribution in [0.4, 0.5) is 25.0 Å². The number of benzene rings is 2. The Morgan fingerprint density at radius 3 is 2.25 bits per heavy atom. The number of urea groups is 1. The first-order valence-corrected chi connectivity index (χ1v) is 6.79. The summed E-state index contributed by atoms with van der Waals surface area (Å²) in [6.45, 7) is -2.95.